The van der Waals surface area contributed by atoms with Gasteiger partial charge in [-0.25, -0.2) is 0 Å². The van der Waals surface area contributed by atoms with Crippen LogP contribution in [0.2, 0.25) is 0 Å². The topological polar surface area (TPSA) is 65.9 Å². The van der Waals surface area contributed by atoms with Crippen molar-refractivity contribution in [3.63, 3.8) is 0 Å². The zero-order chi connectivity index (χ0) is 17.5. The van der Waals surface area contributed by atoms with Crippen LogP contribution in [0.25, 0.3) is 0 Å². The van der Waals surface area contributed by atoms with E-state index < -0.39 is 0 Å². The van der Waals surface area contributed by atoms with Gasteiger partial charge in [-0.3, -0.25) is 4.99 Å². The Morgan fingerprint density at radius 1 is 1.09 bits per heavy atom. The van der Waals surface area contributed by atoms with E-state index in [0.717, 1.165) is 57.9 Å². The molecule has 0 aliphatic heterocycles. The van der Waals surface area contributed by atoms with Gasteiger partial charge in [0.15, 0.2) is 5.96 Å². The van der Waals surface area contributed by atoms with Gasteiger partial charge in [0, 0.05) is 32.8 Å². The second-order valence-corrected chi connectivity index (χ2v) is 6.34. The molecule has 2 unspecified atom stereocenters. The van der Waals surface area contributed by atoms with Gasteiger partial charge in [-0.15, -0.1) is 0 Å². The Balaban J connectivity index is 4.39. The molecule has 0 aromatic carbocycles. The Labute approximate surface area is 143 Å². The van der Waals surface area contributed by atoms with Crippen LogP contribution in [0.15, 0.2) is 4.99 Å². The van der Waals surface area contributed by atoms with Crippen LogP contribution in [-0.2, 0) is 4.74 Å². The maximum atomic E-state index is 9.14. The number of aliphatic hydroxyl groups excluding tert-OH is 1. The maximum absolute atomic E-state index is 9.14. The van der Waals surface area contributed by atoms with Gasteiger partial charge in [0.25, 0.3) is 0 Å². The number of hydrogen-bond acceptors (Lipinski definition) is 3. The largest absolute Gasteiger partial charge is 0.396 e. The molecule has 5 nitrogen and oxygen atoms in total. The first-order valence-corrected chi connectivity index (χ1v) is 9.33. The second-order valence-electron chi connectivity index (χ2n) is 6.34. The van der Waals surface area contributed by atoms with Crippen molar-refractivity contribution in [1.29, 1.82) is 0 Å². The highest BCUT2D eigenvalue weighted by atomic mass is 16.5. The molecule has 0 radical (unpaired) electrons. The first-order valence-electron chi connectivity index (χ1n) is 9.33. The highest BCUT2D eigenvalue weighted by Crippen LogP contribution is 2.11. The van der Waals surface area contributed by atoms with E-state index in [-0.39, 0.29) is 12.7 Å². The number of nitrogens with zero attached hydrogens (tertiary/aromatic N) is 1. The highest BCUT2D eigenvalue weighted by molar-refractivity contribution is 5.79. The van der Waals surface area contributed by atoms with E-state index >= 15 is 0 Å². The molecule has 0 aromatic heterocycles. The number of aliphatic imine (C=N–C) groups is 1. The third kappa shape index (κ3) is 11.4. The maximum Gasteiger partial charge on any atom is 0.191 e. The van der Waals surface area contributed by atoms with Crippen LogP contribution in [0.3, 0.4) is 0 Å². The van der Waals surface area contributed by atoms with Crippen molar-refractivity contribution in [2.24, 2.45) is 16.8 Å². The number of guanidine groups is 1. The lowest BCUT2D eigenvalue weighted by Gasteiger charge is -2.21. The van der Waals surface area contributed by atoms with Crippen molar-refractivity contribution in [2.45, 2.75) is 66.4 Å². The van der Waals surface area contributed by atoms with Gasteiger partial charge in [-0.1, -0.05) is 27.2 Å². The van der Waals surface area contributed by atoms with Crippen molar-refractivity contribution in [1.82, 2.24) is 10.6 Å². The fourth-order valence-electron chi connectivity index (χ4n) is 2.64. The monoisotopic (exact) mass is 329 g/mol. The summed E-state index contributed by atoms with van der Waals surface area (Å²) in [5, 5.41) is 15.8. The molecule has 0 bridgehead atoms. The molecule has 5 heteroatoms. The molecule has 0 spiro atoms. The number of rotatable bonds is 13. The first kappa shape index (κ1) is 22.2. The minimum absolute atomic E-state index is 0.245. The summed E-state index contributed by atoms with van der Waals surface area (Å²) in [6.45, 7) is 14.2. The SMILES string of the molecule is CCCC(CCO)CN=C(NCC)NCCC(OCC)C(C)C. The molecule has 2 atom stereocenters. The molecule has 0 fully saturated rings. The predicted molar refractivity (Wildman–Crippen MR) is 99.0 cm³/mol. The van der Waals surface area contributed by atoms with E-state index in [4.69, 9.17) is 9.84 Å². The Morgan fingerprint density at radius 2 is 1.83 bits per heavy atom. The first-order chi connectivity index (χ1) is 11.1. The van der Waals surface area contributed by atoms with E-state index in [1.807, 2.05) is 6.92 Å². The summed E-state index contributed by atoms with van der Waals surface area (Å²) in [5.74, 6) is 1.85. The number of nitrogens with one attached hydrogen (secondary N) is 2. The summed E-state index contributed by atoms with van der Waals surface area (Å²) in [5.41, 5.74) is 0. The summed E-state index contributed by atoms with van der Waals surface area (Å²) in [6, 6.07) is 0. The number of ether oxygens (including phenoxy) is 1. The van der Waals surface area contributed by atoms with E-state index in [9.17, 15) is 0 Å². The number of hydrogen-bond donors (Lipinski definition) is 3. The van der Waals surface area contributed by atoms with Crippen LogP contribution in [0.5, 0.6) is 0 Å². The Kier molecular flexibility index (Phi) is 14.2. The molecular formula is C18H39N3O2. The van der Waals surface area contributed by atoms with Crippen LogP contribution in [-0.4, -0.2) is 50.0 Å². The van der Waals surface area contributed by atoms with E-state index in [1.54, 1.807) is 0 Å². The van der Waals surface area contributed by atoms with Crippen molar-refractivity contribution in [2.75, 3.05) is 32.8 Å². The van der Waals surface area contributed by atoms with Crippen LogP contribution in [0, 0.1) is 11.8 Å². The molecule has 0 aromatic rings. The number of aliphatic hydroxyl groups is 1. The standard InChI is InChI=1S/C18H39N3O2/c1-6-9-16(11-13-22)14-21-18(19-7-2)20-12-10-17(15(4)5)23-8-3/h15-17,22H,6-14H2,1-5H3,(H2,19,20,21). The van der Waals surface area contributed by atoms with Gasteiger partial charge in [0.1, 0.15) is 0 Å². The lowest BCUT2D eigenvalue weighted by molar-refractivity contribution is 0.0258. The van der Waals surface area contributed by atoms with Gasteiger partial charge in [0.2, 0.25) is 0 Å². The van der Waals surface area contributed by atoms with Crippen LogP contribution in [0.1, 0.15) is 60.3 Å². The van der Waals surface area contributed by atoms with Crippen molar-refractivity contribution >= 4 is 5.96 Å². The van der Waals surface area contributed by atoms with Crippen molar-refractivity contribution in [3.8, 4) is 0 Å². The molecule has 0 saturated heterocycles. The van der Waals surface area contributed by atoms with Gasteiger partial charge in [-0.05, 0) is 44.9 Å². The van der Waals surface area contributed by atoms with Crippen molar-refractivity contribution < 1.29 is 9.84 Å². The van der Waals surface area contributed by atoms with Gasteiger partial charge in [0.05, 0.1) is 6.10 Å². The molecule has 23 heavy (non-hydrogen) atoms. The third-order valence-electron chi connectivity index (χ3n) is 3.93. The lowest BCUT2D eigenvalue weighted by atomic mass is 10.0. The summed E-state index contributed by atoms with van der Waals surface area (Å²) in [6.07, 6.45) is 4.34. The van der Waals surface area contributed by atoms with E-state index in [0.29, 0.717) is 11.8 Å². The highest BCUT2D eigenvalue weighted by Gasteiger charge is 2.13. The second kappa shape index (κ2) is 14.8. The Hall–Kier alpha value is -0.810. The fourth-order valence-corrected chi connectivity index (χ4v) is 2.64. The Bertz CT molecular complexity index is 290. The third-order valence-corrected chi connectivity index (χ3v) is 3.93. The fraction of sp³-hybridized carbons (Fsp3) is 0.944. The summed E-state index contributed by atoms with van der Waals surface area (Å²) < 4.78 is 5.78. The smallest absolute Gasteiger partial charge is 0.191 e. The lowest BCUT2D eigenvalue weighted by Crippen LogP contribution is -2.39. The Morgan fingerprint density at radius 3 is 2.35 bits per heavy atom. The molecule has 138 valence electrons. The summed E-state index contributed by atoms with van der Waals surface area (Å²) in [4.78, 5) is 4.68. The van der Waals surface area contributed by atoms with Crippen LogP contribution >= 0.6 is 0 Å². The van der Waals surface area contributed by atoms with Gasteiger partial charge < -0.3 is 20.5 Å². The minimum atomic E-state index is 0.245. The van der Waals surface area contributed by atoms with E-state index in [1.165, 1.54) is 0 Å². The summed E-state index contributed by atoms with van der Waals surface area (Å²) in [7, 11) is 0. The quantitative estimate of drug-likeness (QED) is 0.359. The molecule has 0 rings (SSSR count). The van der Waals surface area contributed by atoms with Gasteiger partial charge >= 0.3 is 0 Å². The molecule has 0 saturated carbocycles. The summed E-state index contributed by atoms with van der Waals surface area (Å²) >= 11 is 0. The predicted octanol–water partition coefficient (Wildman–Crippen LogP) is 2.79. The van der Waals surface area contributed by atoms with Crippen LogP contribution < -0.4 is 10.6 Å². The van der Waals surface area contributed by atoms with E-state index in [2.05, 4.69) is 43.3 Å². The van der Waals surface area contributed by atoms with Crippen molar-refractivity contribution in [3.05, 3.63) is 0 Å². The molecular weight excluding hydrogens is 290 g/mol. The normalized spacial score (nSPS) is 14.8. The molecule has 0 amide bonds. The molecule has 3 N–H and O–H groups in total. The zero-order valence-corrected chi connectivity index (χ0v) is 15.9. The minimum Gasteiger partial charge on any atom is -0.396 e. The van der Waals surface area contributed by atoms with Crippen LogP contribution in [0.4, 0.5) is 0 Å². The molecule has 0 aliphatic rings. The molecule has 0 aliphatic carbocycles. The average molecular weight is 330 g/mol. The zero-order valence-electron chi connectivity index (χ0n) is 15.9. The molecule has 0 heterocycles. The average Bonchev–Trinajstić information content (AvgIpc) is 2.51. The van der Waals surface area contributed by atoms with Gasteiger partial charge in [-0.2, -0.15) is 0 Å².